The van der Waals surface area contributed by atoms with E-state index in [2.05, 4.69) is 11.1 Å². The van der Waals surface area contributed by atoms with Crippen molar-refractivity contribution in [2.24, 2.45) is 0 Å². The van der Waals surface area contributed by atoms with Crippen molar-refractivity contribution in [2.45, 2.75) is 16.8 Å². The molecule has 1 aliphatic heterocycles. The van der Waals surface area contributed by atoms with Crippen LogP contribution in [0.3, 0.4) is 0 Å². The fourth-order valence-electron chi connectivity index (χ4n) is 3.36. The van der Waals surface area contributed by atoms with Gasteiger partial charge in [0.05, 0.1) is 11.1 Å². The maximum Gasteiger partial charge on any atom is 0.417 e. The normalized spacial score (nSPS) is 14.7. The van der Waals surface area contributed by atoms with Crippen molar-refractivity contribution in [3.63, 3.8) is 0 Å². The Labute approximate surface area is 186 Å². The average Bonchev–Trinajstić information content (AvgIpc) is 3.31. The lowest BCUT2D eigenvalue weighted by molar-refractivity contribution is -0.137. The summed E-state index contributed by atoms with van der Waals surface area (Å²) in [5.41, 5.74) is -0.0770. The number of benzene rings is 1. The van der Waals surface area contributed by atoms with E-state index in [1.807, 2.05) is 40.6 Å². The number of carbonyl (C=O) groups excluding carboxylic acids is 1. The van der Waals surface area contributed by atoms with Gasteiger partial charge >= 0.3 is 6.18 Å². The van der Waals surface area contributed by atoms with Crippen molar-refractivity contribution >= 4 is 34.8 Å². The number of pyridine rings is 1. The van der Waals surface area contributed by atoms with Crippen LogP contribution >= 0.6 is 23.1 Å². The minimum Gasteiger partial charge on any atom is -0.353 e. The molecule has 3 aromatic rings. The van der Waals surface area contributed by atoms with Gasteiger partial charge in [-0.2, -0.15) is 13.2 Å². The number of aromatic nitrogens is 1. The molecule has 0 atom stereocenters. The molecule has 9 heteroatoms. The number of anilines is 1. The summed E-state index contributed by atoms with van der Waals surface area (Å²) in [5.74, 6) is 1.29. The Morgan fingerprint density at radius 3 is 2.45 bits per heavy atom. The number of alkyl halides is 3. The molecule has 0 bridgehead atoms. The molecule has 31 heavy (non-hydrogen) atoms. The number of thiophene rings is 1. The number of hydrogen-bond donors (Lipinski definition) is 0. The number of nitrogens with zero attached hydrogens (tertiary/aromatic N) is 3. The third kappa shape index (κ3) is 5.22. The van der Waals surface area contributed by atoms with Crippen LogP contribution in [-0.2, 0) is 11.9 Å². The van der Waals surface area contributed by atoms with E-state index in [9.17, 15) is 18.0 Å². The van der Waals surface area contributed by atoms with E-state index in [4.69, 9.17) is 0 Å². The van der Waals surface area contributed by atoms with E-state index < -0.39 is 11.7 Å². The van der Waals surface area contributed by atoms with Crippen LogP contribution < -0.4 is 4.90 Å². The Morgan fingerprint density at radius 1 is 1.03 bits per heavy atom. The summed E-state index contributed by atoms with van der Waals surface area (Å²) in [6.45, 7) is 2.03. The van der Waals surface area contributed by atoms with Crippen LogP contribution in [0.5, 0.6) is 0 Å². The fraction of sp³-hybridized carbons (Fsp3) is 0.273. The third-order valence-electron chi connectivity index (χ3n) is 5.03. The molecule has 4 rings (SSSR count). The summed E-state index contributed by atoms with van der Waals surface area (Å²) in [6.07, 6.45) is -3.54. The molecule has 0 saturated carbocycles. The molecule has 0 radical (unpaired) electrons. The van der Waals surface area contributed by atoms with Crippen molar-refractivity contribution in [1.82, 2.24) is 9.88 Å². The predicted octanol–water partition coefficient (Wildman–Crippen LogP) is 5.42. The minimum absolute atomic E-state index is 0.0192. The van der Waals surface area contributed by atoms with Gasteiger partial charge in [0, 0.05) is 47.9 Å². The topological polar surface area (TPSA) is 36.4 Å². The van der Waals surface area contributed by atoms with Gasteiger partial charge in [-0.3, -0.25) is 4.79 Å². The molecule has 1 amide bonds. The lowest BCUT2D eigenvalue weighted by Gasteiger charge is -2.35. The van der Waals surface area contributed by atoms with Crippen LogP contribution in [0.2, 0.25) is 0 Å². The second-order valence-electron chi connectivity index (χ2n) is 7.05. The monoisotopic (exact) mass is 463 g/mol. The molecular formula is C22H20F3N3OS2. The Balaban J connectivity index is 1.38. The molecule has 1 fully saturated rings. The molecular weight excluding hydrogens is 443 g/mol. The Morgan fingerprint density at radius 2 is 1.81 bits per heavy atom. The highest BCUT2D eigenvalue weighted by Crippen LogP contribution is 2.30. The molecule has 1 saturated heterocycles. The van der Waals surface area contributed by atoms with Crippen LogP contribution in [0, 0.1) is 0 Å². The summed E-state index contributed by atoms with van der Waals surface area (Å²) >= 11 is 3.34. The summed E-state index contributed by atoms with van der Waals surface area (Å²) in [4.78, 5) is 23.0. The van der Waals surface area contributed by atoms with E-state index in [0.29, 0.717) is 37.6 Å². The highest BCUT2D eigenvalue weighted by molar-refractivity contribution is 7.98. The van der Waals surface area contributed by atoms with Gasteiger partial charge in [0.1, 0.15) is 5.82 Å². The van der Waals surface area contributed by atoms with Crippen molar-refractivity contribution in [3.8, 4) is 0 Å². The van der Waals surface area contributed by atoms with Gasteiger partial charge in [-0.25, -0.2) is 4.98 Å². The molecule has 3 heterocycles. The zero-order chi connectivity index (χ0) is 21.8. The standard InChI is InChI=1S/C22H20F3N3OS2/c23-22(24,25)16-7-8-20(26-14-16)27-9-11-28(12-10-27)21(29)18-5-1-2-6-19(18)31-15-17-4-3-13-30-17/h1-8,13-14H,9-12,15H2. The molecule has 162 valence electrons. The second kappa shape index (κ2) is 9.32. The second-order valence-corrected chi connectivity index (χ2v) is 9.10. The van der Waals surface area contributed by atoms with Gasteiger partial charge in [0.2, 0.25) is 0 Å². The highest BCUT2D eigenvalue weighted by atomic mass is 32.2. The van der Waals surface area contributed by atoms with Gasteiger partial charge in [-0.15, -0.1) is 23.1 Å². The van der Waals surface area contributed by atoms with Gasteiger partial charge < -0.3 is 9.80 Å². The molecule has 1 aliphatic rings. The van der Waals surface area contributed by atoms with Crippen LogP contribution in [0.4, 0.5) is 19.0 Å². The lowest BCUT2D eigenvalue weighted by Crippen LogP contribution is -2.49. The van der Waals surface area contributed by atoms with Crippen molar-refractivity contribution in [1.29, 1.82) is 0 Å². The van der Waals surface area contributed by atoms with E-state index >= 15 is 0 Å². The van der Waals surface area contributed by atoms with Gasteiger partial charge in [-0.05, 0) is 35.7 Å². The fourth-order valence-corrected chi connectivity index (χ4v) is 5.18. The number of halogens is 3. The SMILES string of the molecule is O=C(c1ccccc1SCc1cccs1)N1CCN(c2ccc(C(F)(F)F)cn2)CC1. The molecule has 1 aromatic carbocycles. The van der Waals surface area contributed by atoms with E-state index in [0.717, 1.165) is 22.9 Å². The minimum atomic E-state index is -4.40. The average molecular weight is 464 g/mol. The Bertz CT molecular complexity index is 1020. The van der Waals surface area contributed by atoms with Gasteiger partial charge in [0.15, 0.2) is 0 Å². The zero-order valence-electron chi connectivity index (χ0n) is 16.5. The third-order valence-corrected chi connectivity index (χ3v) is 7.22. The maximum atomic E-state index is 13.1. The summed E-state index contributed by atoms with van der Waals surface area (Å²) in [7, 11) is 0. The van der Waals surface area contributed by atoms with Crippen molar-refractivity contribution in [3.05, 3.63) is 76.1 Å². The largest absolute Gasteiger partial charge is 0.417 e. The zero-order valence-corrected chi connectivity index (χ0v) is 18.1. The van der Waals surface area contributed by atoms with Crippen LogP contribution in [0.15, 0.2) is 65.0 Å². The maximum absolute atomic E-state index is 13.1. The number of piperazine rings is 1. The number of thioether (sulfide) groups is 1. The van der Waals surface area contributed by atoms with E-state index in [1.54, 1.807) is 28.0 Å². The number of amides is 1. The summed E-state index contributed by atoms with van der Waals surface area (Å²) in [6, 6.07) is 14.1. The van der Waals surface area contributed by atoms with Crippen LogP contribution in [0.1, 0.15) is 20.8 Å². The first-order chi connectivity index (χ1) is 14.9. The van der Waals surface area contributed by atoms with Crippen LogP contribution in [-0.4, -0.2) is 42.0 Å². The Hall–Kier alpha value is -2.52. The smallest absolute Gasteiger partial charge is 0.353 e. The van der Waals surface area contributed by atoms with Crippen molar-refractivity contribution in [2.75, 3.05) is 31.1 Å². The number of carbonyl (C=O) groups is 1. The molecule has 4 nitrogen and oxygen atoms in total. The summed E-state index contributed by atoms with van der Waals surface area (Å²) in [5, 5.41) is 2.04. The highest BCUT2D eigenvalue weighted by Gasteiger charge is 2.31. The predicted molar refractivity (Wildman–Crippen MR) is 118 cm³/mol. The van der Waals surface area contributed by atoms with E-state index in [-0.39, 0.29) is 5.91 Å². The molecule has 0 unspecified atom stereocenters. The first-order valence-electron chi connectivity index (χ1n) is 9.73. The quantitative estimate of drug-likeness (QED) is 0.474. The van der Waals surface area contributed by atoms with Crippen molar-refractivity contribution < 1.29 is 18.0 Å². The van der Waals surface area contributed by atoms with Gasteiger partial charge in [-0.1, -0.05) is 18.2 Å². The van der Waals surface area contributed by atoms with Crippen LogP contribution in [0.25, 0.3) is 0 Å². The number of rotatable bonds is 5. The lowest BCUT2D eigenvalue weighted by atomic mass is 10.1. The van der Waals surface area contributed by atoms with Gasteiger partial charge in [0.25, 0.3) is 5.91 Å². The number of hydrogen-bond acceptors (Lipinski definition) is 5. The molecule has 0 spiro atoms. The summed E-state index contributed by atoms with van der Waals surface area (Å²) < 4.78 is 38.2. The molecule has 0 N–H and O–H groups in total. The first-order valence-corrected chi connectivity index (χ1v) is 11.6. The molecule has 2 aromatic heterocycles. The first kappa shape index (κ1) is 21.7. The Kier molecular flexibility index (Phi) is 6.52. The molecule has 0 aliphatic carbocycles. The van der Waals surface area contributed by atoms with E-state index in [1.165, 1.54) is 10.9 Å².